The topological polar surface area (TPSA) is 75.9 Å². The molecule has 2 aromatic carbocycles. The second-order valence-electron chi connectivity index (χ2n) is 9.15. The Labute approximate surface area is 183 Å². The number of hydrogen-bond acceptors (Lipinski definition) is 6. The molecule has 0 bridgehead atoms. The number of benzene rings is 2. The summed E-state index contributed by atoms with van der Waals surface area (Å²) >= 11 is 0. The Bertz CT molecular complexity index is 932. The van der Waals surface area contributed by atoms with Crippen LogP contribution < -0.4 is 0 Å². The third-order valence-electron chi connectivity index (χ3n) is 6.39. The van der Waals surface area contributed by atoms with E-state index < -0.39 is 16.5 Å². The van der Waals surface area contributed by atoms with Crippen LogP contribution in [0.5, 0.6) is 0 Å². The molecule has 1 aliphatic rings. The number of nitro groups is 1. The number of nitro benzene ring substituents is 1. The largest absolute Gasteiger partial charge is 0.450 e. The first-order chi connectivity index (χ1) is 14.6. The van der Waals surface area contributed by atoms with Gasteiger partial charge < -0.3 is 14.5 Å². The van der Waals surface area contributed by atoms with E-state index in [0.29, 0.717) is 12.0 Å². The van der Waals surface area contributed by atoms with Crippen LogP contribution in [0.15, 0.2) is 54.6 Å². The lowest BCUT2D eigenvalue weighted by Crippen LogP contribution is -2.63. The number of non-ortho nitro benzene ring substituents is 1. The molecule has 1 aliphatic heterocycles. The van der Waals surface area contributed by atoms with Gasteiger partial charge in [-0.25, -0.2) is 4.79 Å². The summed E-state index contributed by atoms with van der Waals surface area (Å²) in [5, 5.41) is 11.0. The van der Waals surface area contributed by atoms with Gasteiger partial charge in [0.05, 0.1) is 10.5 Å². The van der Waals surface area contributed by atoms with Crippen molar-refractivity contribution in [3.05, 3.63) is 75.8 Å². The van der Waals surface area contributed by atoms with Crippen LogP contribution in [0, 0.1) is 15.5 Å². The first-order valence-electron chi connectivity index (χ1n) is 10.5. The highest BCUT2D eigenvalue weighted by molar-refractivity contribution is 5.90. The summed E-state index contributed by atoms with van der Waals surface area (Å²) in [6.07, 6.45) is 0.649. The quantitative estimate of drug-likeness (QED) is 0.396. The van der Waals surface area contributed by atoms with Crippen molar-refractivity contribution >= 4 is 11.7 Å². The predicted octanol–water partition coefficient (Wildman–Crippen LogP) is 3.94. The van der Waals surface area contributed by atoms with Gasteiger partial charge in [0.25, 0.3) is 5.69 Å². The van der Waals surface area contributed by atoms with Crippen molar-refractivity contribution < 1.29 is 14.5 Å². The Morgan fingerprint density at radius 3 is 2.35 bits per heavy atom. The molecule has 0 spiro atoms. The van der Waals surface area contributed by atoms with Crippen molar-refractivity contribution in [1.29, 1.82) is 0 Å². The van der Waals surface area contributed by atoms with Gasteiger partial charge in [0.2, 0.25) is 0 Å². The Morgan fingerprint density at radius 2 is 1.81 bits per heavy atom. The fourth-order valence-corrected chi connectivity index (χ4v) is 4.86. The molecule has 7 heteroatoms. The molecule has 7 nitrogen and oxygen atoms in total. The van der Waals surface area contributed by atoms with E-state index in [-0.39, 0.29) is 17.1 Å². The van der Waals surface area contributed by atoms with E-state index in [2.05, 4.69) is 30.7 Å². The van der Waals surface area contributed by atoms with E-state index in [1.54, 1.807) is 0 Å². The Morgan fingerprint density at radius 1 is 1.19 bits per heavy atom. The normalized spacial score (nSPS) is 26.6. The van der Waals surface area contributed by atoms with E-state index in [9.17, 15) is 14.9 Å². The van der Waals surface area contributed by atoms with Gasteiger partial charge >= 0.3 is 5.97 Å². The number of esters is 1. The second kappa shape index (κ2) is 8.77. The van der Waals surface area contributed by atoms with E-state index in [1.165, 1.54) is 24.3 Å². The van der Waals surface area contributed by atoms with Crippen LogP contribution in [-0.4, -0.2) is 61.0 Å². The minimum atomic E-state index is -0.844. The molecule has 3 atom stereocenters. The summed E-state index contributed by atoms with van der Waals surface area (Å²) in [5.74, 6) is -0.472. The number of likely N-dealkylation sites (tertiary alicyclic amines) is 1. The monoisotopic (exact) mass is 425 g/mol. The van der Waals surface area contributed by atoms with Gasteiger partial charge in [0.1, 0.15) is 5.60 Å². The second-order valence-corrected chi connectivity index (χ2v) is 9.15. The number of piperidine rings is 1. The molecular formula is C24H31N3O4. The molecule has 1 heterocycles. The molecular weight excluding hydrogens is 394 g/mol. The number of carbonyl (C=O) groups is 1. The molecule has 0 radical (unpaired) electrons. The van der Waals surface area contributed by atoms with Crippen LogP contribution in [0.1, 0.15) is 36.2 Å². The van der Waals surface area contributed by atoms with E-state index in [4.69, 9.17) is 4.74 Å². The minimum Gasteiger partial charge on any atom is -0.450 e. The zero-order valence-corrected chi connectivity index (χ0v) is 18.9. The lowest BCUT2D eigenvalue weighted by molar-refractivity contribution is -0.384. The smallest absolute Gasteiger partial charge is 0.339 e. The molecule has 0 saturated carbocycles. The highest BCUT2D eigenvalue weighted by Crippen LogP contribution is 2.51. The molecule has 1 saturated heterocycles. The Hall–Kier alpha value is -2.77. The third kappa shape index (κ3) is 4.48. The van der Waals surface area contributed by atoms with Crippen molar-refractivity contribution in [1.82, 2.24) is 9.80 Å². The van der Waals surface area contributed by atoms with Crippen LogP contribution >= 0.6 is 0 Å². The first kappa shape index (κ1) is 22.9. The first-order valence-corrected chi connectivity index (χ1v) is 10.5. The lowest BCUT2D eigenvalue weighted by Gasteiger charge is -2.56. The minimum absolute atomic E-state index is 0.0558. The highest BCUT2D eigenvalue weighted by atomic mass is 16.6. The summed E-state index contributed by atoms with van der Waals surface area (Å²) in [4.78, 5) is 28.2. The van der Waals surface area contributed by atoms with Crippen LogP contribution in [0.4, 0.5) is 5.69 Å². The van der Waals surface area contributed by atoms with Crippen molar-refractivity contribution in [2.45, 2.75) is 31.9 Å². The van der Waals surface area contributed by atoms with Crippen molar-refractivity contribution in [3.63, 3.8) is 0 Å². The van der Waals surface area contributed by atoms with Crippen LogP contribution in [-0.2, 0) is 10.3 Å². The van der Waals surface area contributed by atoms with Crippen LogP contribution in [0.2, 0.25) is 0 Å². The summed E-state index contributed by atoms with van der Waals surface area (Å²) < 4.78 is 6.42. The molecule has 1 fully saturated rings. The average molecular weight is 426 g/mol. The predicted molar refractivity (Wildman–Crippen MR) is 120 cm³/mol. The maximum Gasteiger partial charge on any atom is 0.339 e. The van der Waals surface area contributed by atoms with E-state index >= 15 is 0 Å². The zero-order chi connectivity index (χ0) is 22.8. The van der Waals surface area contributed by atoms with Gasteiger partial charge in [-0.15, -0.1) is 0 Å². The molecule has 0 amide bonds. The average Bonchev–Trinajstić information content (AvgIpc) is 2.72. The fraction of sp³-hybridized carbons (Fsp3) is 0.458. The summed E-state index contributed by atoms with van der Waals surface area (Å²) in [5.41, 5.74) is -0.00674. The van der Waals surface area contributed by atoms with Gasteiger partial charge in [-0.05, 0) is 45.8 Å². The molecule has 0 N–H and O–H groups in total. The number of hydrogen-bond donors (Lipinski definition) is 0. The fourth-order valence-electron chi connectivity index (χ4n) is 4.86. The maximum atomic E-state index is 13.3. The van der Waals surface area contributed by atoms with Crippen molar-refractivity contribution in [2.75, 3.05) is 34.2 Å². The molecule has 0 aromatic heterocycles. The molecule has 3 rings (SSSR count). The molecule has 0 aliphatic carbocycles. The highest BCUT2D eigenvalue weighted by Gasteiger charge is 2.57. The number of ether oxygens (including phenoxy) is 1. The summed E-state index contributed by atoms with van der Waals surface area (Å²) in [6, 6.07) is 15.7. The molecule has 31 heavy (non-hydrogen) atoms. The third-order valence-corrected chi connectivity index (χ3v) is 6.39. The Balaban J connectivity index is 2.08. The van der Waals surface area contributed by atoms with Crippen molar-refractivity contribution in [2.24, 2.45) is 5.41 Å². The number of nitrogens with zero attached hydrogens (tertiary/aromatic N) is 3. The number of carbonyl (C=O) groups excluding carboxylic acids is 1. The standard InChI is InChI=1S/C24H31N3O4/c1-18-15-24(20-9-7-6-8-10-20,23(2,16-25(3)4)17-26(18)5)31-22(28)19-11-13-21(14-12-19)27(29)30/h6-14,18H,15-17H2,1-5H3. The zero-order valence-electron chi connectivity index (χ0n) is 18.9. The number of rotatable bonds is 6. The van der Waals surface area contributed by atoms with Crippen molar-refractivity contribution in [3.8, 4) is 0 Å². The van der Waals surface area contributed by atoms with Crippen LogP contribution in [0.25, 0.3) is 0 Å². The van der Waals surface area contributed by atoms with E-state index in [0.717, 1.165) is 18.7 Å². The van der Waals surface area contributed by atoms with Gasteiger partial charge in [-0.1, -0.05) is 37.3 Å². The Kier molecular flexibility index (Phi) is 6.48. The lowest BCUT2D eigenvalue weighted by atomic mass is 9.63. The summed E-state index contributed by atoms with van der Waals surface area (Å²) in [6.45, 7) is 5.80. The summed E-state index contributed by atoms with van der Waals surface area (Å²) in [7, 11) is 6.15. The van der Waals surface area contributed by atoms with Gasteiger partial charge in [0.15, 0.2) is 0 Å². The van der Waals surface area contributed by atoms with E-state index in [1.807, 2.05) is 44.4 Å². The van der Waals surface area contributed by atoms with Gasteiger partial charge in [-0.3, -0.25) is 10.1 Å². The maximum absolute atomic E-state index is 13.3. The SMILES string of the molecule is CC1CC(OC(=O)c2ccc([N+](=O)[O-])cc2)(c2ccccc2)C(C)(CN(C)C)CN1C. The van der Waals surface area contributed by atoms with Gasteiger partial charge in [0, 0.05) is 43.1 Å². The molecule has 166 valence electrons. The molecule has 3 unspecified atom stereocenters. The van der Waals surface area contributed by atoms with Gasteiger partial charge in [-0.2, -0.15) is 0 Å². The molecule has 2 aromatic rings. The van der Waals surface area contributed by atoms with Crippen LogP contribution in [0.3, 0.4) is 0 Å².